The number of sulfonamides is 1. The zero-order valence-electron chi connectivity index (χ0n) is 11.5. The molecule has 0 radical (unpaired) electrons. The highest BCUT2D eigenvalue weighted by atomic mass is 32.2. The van der Waals surface area contributed by atoms with Crippen LogP contribution in [0.15, 0.2) is 29.4 Å². The van der Waals surface area contributed by atoms with Gasteiger partial charge in [-0.1, -0.05) is 12.1 Å². The molecule has 0 saturated carbocycles. The molecule has 0 bridgehead atoms. The van der Waals surface area contributed by atoms with Gasteiger partial charge in [0, 0.05) is 25.4 Å². The number of rotatable bonds is 5. The predicted molar refractivity (Wildman–Crippen MR) is 77.8 cm³/mol. The molecule has 2 rings (SSSR count). The predicted octanol–water partition coefficient (Wildman–Crippen LogP) is 1.13. The molecule has 1 aromatic heterocycles. The molecular formula is C13H18N4O2S. The Morgan fingerprint density at radius 3 is 2.65 bits per heavy atom. The first-order valence-corrected chi connectivity index (χ1v) is 7.74. The van der Waals surface area contributed by atoms with Crippen molar-refractivity contribution in [3.8, 4) is 0 Å². The van der Waals surface area contributed by atoms with Crippen LogP contribution in [0.3, 0.4) is 0 Å². The summed E-state index contributed by atoms with van der Waals surface area (Å²) in [5.41, 5.74) is 7.59. The Hall–Kier alpha value is -1.86. The summed E-state index contributed by atoms with van der Waals surface area (Å²) < 4.78 is 27.2. The van der Waals surface area contributed by atoms with E-state index in [1.165, 1.54) is 0 Å². The number of aromatic amines is 1. The summed E-state index contributed by atoms with van der Waals surface area (Å²) in [5.74, 6) is 0.738. The Morgan fingerprint density at radius 2 is 2.00 bits per heavy atom. The number of anilines is 1. The molecule has 0 saturated heterocycles. The van der Waals surface area contributed by atoms with Gasteiger partial charge in [0.15, 0.2) is 0 Å². The van der Waals surface area contributed by atoms with Crippen LogP contribution in [-0.2, 0) is 16.4 Å². The van der Waals surface area contributed by atoms with E-state index in [0.717, 1.165) is 11.4 Å². The van der Waals surface area contributed by atoms with Crippen LogP contribution < -0.4 is 10.5 Å². The number of aryl methyl sites for hydroxylation is 2. The lowest BCUT2D eigenvalue weighted by Crippen LogP contribution is -2.27. The van der Waals surface area contributed by atoms with Crippen molar-refractivity contribution >= 4 is 15.7 Å². The Morgan fingerprint density at radius 1 is 1.30 bits per heavy atom. The van der Waals surface area contributed by atoms with Crippen LogP contribution in [0.2, 0.25) is 0 Å². The standard InChI is InChI=1S/C13H18N4O2S/c1-9-3-4-10(2)13(12(9)14)20(18,19)17-6-5-11-15-7-8-16-11/h3-4,7-8,17H,5-6,14H2,1-2H3,(H,15,16). The van der Waals surface area contributed by atoms with Crippen molar-refractivity contribution < 1.29 is 8.42 Å². The Kier molecular flexibility index (Phi) is 4.10. The molecule has 0 aliphatic rings. The van der Waals surface area contributed by atoms with Gasteiger partial charge < -0.3 is 10.7 Å². The molecule has 2 aromatic rings. The van der Waals surface area contributed by atoms with Crippen LogP contribution >= 0.6 is 0 Å². The number of nitrogen functional groups attached to an aromatic ring is 1. The highest BCUT2D eigenvalue weighted by Crippen LogP contribution is 2.25. The van der Waals surface area contributed by atoms with Crippen molar-refractivity contribution in [3.63, 3.8) is 0 Å². The molecule has 20 heavy (non-hydrogen) atoms. The lowest BCUT2D eigenvalue weighted by atomic mass is 10.1. The van der Waals surface area contributed by atoms with Gasteiger partial charge in [-0.05, 0) is 25.0 Å². The van der Waals surface area contributed by atoms with Gasteiger partial charge in [0.25, 0.3) is 0 Å². The van der Waals surface area contributed by atoms with E-state index in [1.807, 2.05) is 6.07 Å². The average molecular weight is 294 g/mol. The fourth-order valence-corrected chi connectivity index (χ4v) is 3.43. The summed E-state index contributed by atoms with van der Waals surface area (Å²) in [6.07, 6.45) is 3.83. The lowest BCUT2D eigenvalue weighted by Gasteiger charge is -2.13. The fraction of sp³-hybridized carbons (Fsp3) is 0.308. The largest absolute Gasteiger partial charge is 0.397 e. The molecule has 0 aliphatic heterocycles. The minimum absolute atomic E-state index is 0.164. The van der Waals surface area contributed by atoms with Crippen LogP contribution in [-0.4, -0.2) is 24.9 Å². The smallest absolute Gasteiger partial charge is 0.242 e. The summed E-state index contributed by atoms with van der Waals surface area (Å²) >= 11 is 0. The Balaban J connectivity index is 2.16. The molecule has 108 valence electrons. The van der Waals surface area contributed by atoms with Crippen molar-refractivity contribution in [2.24, 2.45) is 0 Å². The fourth-order valence-electron chi connectivity index (χ4n) is 1.97. The third kappa shape index (κ3) is 3.00. The highest BCUT2D eigenvalue weighted by molar-refractivity contribution is 7.89. The minimum Gasteiger partial charge on any atom is -0.397 e. The van der Waals surface area contributed by atoms with Gasteiger partial charge >= 0.3 is 0 Å². The quantitative estimate of drug-likeness (QED) is 0.719. The first-order chi connectivity index (χ1) is 9.42. The van der Waals surface area contributed by atoms with Crippen LogP contribution in [0.25, 0.3) is 0 Å². The summed E-state index contributed by atoms with van der Waals surface area (Å²) in [6.45, 7) is 3.79. The molecule has 1 aromatic carbocycles. The van der Waals surface area contributed by atoms with E-state index in [1.54, 1.807) is 32.3 Å². The number of nitrogens with zero attached hydrogens (tertiary/aromatic N) is 1. The summed E-state index contributed by atoms with van der Waals surface area (Å²) in [7, 11) is -3.61. The maximum Gasteiger partial charge on any atom is 0.242 e. The number of H-pyrrole nitrogens is 1. The second-order valence-corrected chi connectivity index (χ2v) is 6.33. The van der Waals surface area contributed by atoms with Crippen molar-refractivity contribution in [2.45, 2.75) is 25.2 Å². The SMILES string of the molecule is Cc1ccc(C)c(S(=O)(=O)NCCc2ncc[nH]2)c1N. The molecule has 0 atom stereocenters. The van der Waals surface area contributed by atoms with Gasteiger partial charge in [-0.2, -0.15) is 0 Å². The van der Waals surface area contributed by atoms with Crippen molar-refractivity contribution in [3.05, 3.63) is 41.5 Å². The molecule has 6 nitrogen and oxygen atoms in total. The monoisotopic (exact) mass is 294 g/mol. The normalized spacial score (nSPS) is 11.7. The van der Waals surface area contributed by atoms with Crippen LogP contribution in [0, 0.1) is 13.8 Å². The maximum absolute atomic E-state index is 12.3. The number of imidazole rings is 1. The van der Waals surface area contributed by atoms with Crippen LogP contribution in [0.5, 0.6) is 0 Å². The van der Waals surface area contributed by atoms with Gasteiger partial charge in [0.1, 0.15) is 10.7 Å². The number of hydrogen-bond donors (Lipinski definition) is 3. The number of nitrogens with two attached hydrogens (primary N) is 1. The summed E-state index contributed by atoms with van der Waals surface area (Å²) in [4.78, 5) is 7.13. The molecule has 0 fully saturated rings. The number of nitrogens with one attached hydrogen (secondary N) is 2. The average Bonchev–Trinajstić information content (AvgIpc) is 2.87. The Bertz CT molecular complexity index is 693. The molecule has 0 unspecified atom stereocenters. The van der Waals surface area contributed by atoms with E-state index in [0.29, 0.717) is 17.7 Å². The van der Waals surface area contributed by atoms with Gasteiger partial charge in [-0.25, -0.2) is 18.1 Å². The molecule has 0 amide bonds. The maximum atomic E-state index is 12.3. The van der Waals surface area contributed by atoms with E-state index in [9.17, 15) is 8.42 Å². The summed E-state index contributed by atoms with van der Waals surface area (Å²) in [6, 6.07) is 3.57. The second kappa shape index (κ2) is 5.64. The van der Waals surface area contributed by atoms with Gasteiger partial charge in [-0.3, -0.25) is 0 Å². The molecule has 4 N–H and O–H groups in total. The lowest BCUT2D eigenvalue weighted by molar-refractivity contribution is 0.580. The number of hydrogen-bond acceptors (Lipinski definition) is 4. The Labute approximate surface area is 118 Å². The van der Waals surface area contributed by atoms with Crippen molar-refractivity contribution in [1.29, 1.82) is 0 Å². The molecular weight excluding hydrogens is 276 g/mol. The zero-order chi connectivity index (χ0) is 14.8. The second-order valence-electron chi connectivity index (χ2n) is 4.63. The zero-order valence-corrected chi connectivity index (χ0v) is 12.3. The number of aromatic nitrogens is 2. The van der Waals surface area contributed by atoms with Gasteiger partial charge in [0.05, 0.1) is 5.69 Å². The molecule has 7 heteroatoms. The molecule has 0 aliphatic carbocycles. The third-order valence-corrected chi connectivity index (χ3v) is 4.75. The molecule has 0 spiro atoms. The van der Waals surface area contributed by atoms with E-state index >= 15 is 0 Å². The van der Waals surface area contributed by atoms with Gasteiger partial charge in [-0.15, -0.1) is 0 Å². The first-order valence-electron chi connectivity index (χ1n) is 6.25. The van der Waals surface area contributed by atoms with E-state index < -0.39 is 10.0 Å². The van der Waals surface area contributed by atoms with E-state index in [4.69, 9.17) is 5.73 Å². The highest BCUT2D eigenvalue weighted by Gasteiger charge is 2.20. The topological polar surface area (TPSA) is 101 Å². The summed E-state index contributed by atoms with van der Waals surface area (Å²) in [5, 5.41) is 0. The van der Waals surface area contributed by atoms with Crippen LogP contribution in [0.4, 0.5) is 5.69 Å². The number of benzene rings is 1. The first kappa shape index (κ1) is 14.5. The third-order valence-electron chi connectivity index (χ3n) is 3.09. The van der Waals surface area contributed by atoms with Crippen LogP contribution in [0.1, 0.15) is 17.0 Å². The van der Waals surface area contributed by atoms with E-state index in [2.05, 4.69) is 14.7 Å². The van der Waals surface area contributed by atoms with Crippen molar-refractivity contribution in [1.82, 2.24) is 14.7 Å². The molecule has 1 heterocycles. The van der Waals surface area contributed by atoms with Gasteiger partial charge in [0.2, 0.25) is 10.0 Å². The van der Waals surface area contributed by atoms with Crippen molar-refractivity contribution in [2.75, 3.05) is 12.3 Å². The minimum atomic E-state index is -3.61. The van der Waals surface area contributed by atoms with E-state index in [-0.39, 0.29) is 11.4 Å².